The molecule has 2 N–H and O–H groups in total. The number of nitrogens with zero attached hydrogens (tertiary/aromatic N) is 4. The molecule has 1 aromatic carbocycles. The molecule has 1 aliphatic heterocycles. The second-order valence-electron chi connectivity index (χ2n) is 8.40. The van der Waals surface area contributed by atoms with Crippen molar-refractivity contribution in [3.63, 3.8) is 0 Å². The first kappa shape index (κ1) is 26.1. The van der Waals surface area contributed by atoms with Crippen molar-refractivity contribution in [2.75, 3.05) is 50.1 Å². The molecule has 1 aliphatic rings. The summed E-state index contributed by atoms with van der Waals surface area (Å²) in [4.78, 5) is 38.6. The van der Waals surface area contributed by atoms with Crippen LogP contribution < -0.4 is 20.5 Å². The number of hydrogen-bond acceptors (Lipinski definition) is 7. The van der Waals surface area contributed by atoms with E-state index in [-0.39, 0.29) is 22.8 Å². The predicted octanol–water partition coefficient (Wildman–Crippen LogP) is 3.39. The summed E-state index contributed by atoms with van der Waals surface area (Å²) >= 11 is 0. The van der Waals surface area contributed by atoms with Gasteiger partial charge < -0.3 is 24.8 Å². The van der Waals surface area contributed by atoms with Gasteiger partial charge in [-0.1, -0.05) is 0 Å². The lowest BCUT2D eigenvalue weighted by atomic mass is 10.0. The molecule has 3 heterocycles. The summed E-state index contributed by atoms with van der Waals surface area (Å²) in [5.74, 6) is -1.74. The van der Waals surface area contributed by atoms with Crippen LogP contribution in [0.4, 0.5) is 28.9 Å². The lowest BCUT2D eigenvalue weighted by Crippen LogP contribution is -2.44. The number of benzene rings is 1. The highest BCUT2D eigenvalue weighted by Gasteiger charge is 2.36. The summed E-state index contributed by atoms with van der Waals surface area (Å²) in [6, 6.07) is 2.99. The Labute approximate surface area is 209 Å². The van der Waals surface area contributed by atoms with Crippen molar-refractivity contribution in [1.82, 2.24) is 19.9 Å². The number of hydrogen-bond donors (Lipinski definition) is 2. The van der Waals surface area contributed by atoms with E-state index < -0.39 is 34.6 Å². The number of piperazine rings is 1. The van der Waals surface area contributed by atoms with Crippen LogP contribution in [0, 0.1) is 5.82 Å². The van der Waals surface area contributed by atoms with E-state index >= 15 is 4.39 Å². The monoisotopic (exact) mass is 520 g/mol. The molecule has 9 nitrogen and oxygen atoms in total. The number of ether oxygens (including phenoxy) is 1. The zero-order valence-corrected chi connectivity index (χ0v) is 20.0. The number of carbonyl (C=O) groups excluding carboxylic acids is 1. The van der Waals surface area contributed by atoms with Gasteiger partial charge in [-0.05, 0) is 26.1 Å². The predicted molar refractivity (Wildman–Crippen MR) is 128 cm³/mol. The van der Waals surface area contributed by atoms with Crippen LogP contribution in [0.2, 0.25) is 0 Å². The van der Waals surface area contributed by atoms with Crippen molar-refractivity contribution >= 4 is 17.3 Å². The van der Waals surface area contributed by atoms with Gasteiger partial charge in [0.1, 0.15) is 5.82 Å². The van der Waals surface area contributed by atoms with Crippen molar-refractivity contribution < 1.29 is 27.1 Å². The normalized spacial score (nSPS) is 14.5. The maximum atomic E-state index is 15.3. The Balaban J connectivity index is 1.76. The SMILES string of the molecule is CCOc1ncc(-c2cc(NC(=O)c3c[nH]c(=O)cc3C(F)(F)F)c(N3CCN(C)CC3)cc2F)cn1. The van der Waals surface area contributed by atoms with Crippen LogP contribution in [-0.2, 0) is 6.18 Å². The number of pyridine rings is 1. The summed E-state index contributed by atoms with van der Waals surface area (Å²) in [6.07, 6.45) is -1.53. The van der Waals surface area contributed by atoms with Crippen LogP contribution >= 0.6 is 0 Å². The van der Waals surface area contributed by atoms with Gasteiger partial charge in [0.2, 0.25) is 5.56 Å². The average molecular weight is 520 g/mol. The number of carbonyl (C=O) groups is 1. The van der Waals surface area contributed by atoms with E-state index in [2.05, 4.69) is 25.2 Å². The zero-order chi connectivity index (χ0) is 26.7. The number of aromatic amines is 1. The maximum absolute atomic E-state index is 15.3. The van der Waals surface area contributed by atoms with Gasteiger partial charge in [-0.2, -0.15) is 13.2 Å². The van der Waals surface area contributed by atoms with Gasteiger partial charge in [0, 0.05) is 62.0 Å². The molecule has 1 amide bonds. The summed E-state index contributed by atoms with van der Waals surface area (Å²) in [5, 5.41) is 2.49. The second-order valence-corrected chi connectivity index (χ2v) is 8.40. The number of rotatable bonds is 6. The van der Waals surface area contributed by atoms with E-state index in [1.165, 1.54) is 24.5 Å². The number of halogens is 4. The first-order valence-corrected chi connectivity index (χ1v) is 11.4. The summed E-state index contributed by atoms with van der Waals surface area (Å²) in [5.41, 5.74) is -2.42. The van der Waals surface area contributed by atoms with Gasteiger partial charge in [-0.25, -0.2) is 14.4 Å². The smallest absolute Gasteiger partial charge is 0.417 e. The lowest BCUT2D eigenvalue weighted by Gasteiger charge is -2.35. The Morgan fingerprint density at radius 3 is 2.43 bits per heavy atom. The molecule has 4 rings (SSSR count). The van der Waals surface area contributed by atoms with E-state index in [1.807, 2.05) is 11.9 Å². The van der Waals surface area contributed by atoms with Crippen LogP contribution in [0.3, 0.4) is 0 Å². The molecule has 0 saturated carbocycles. The van der Waals surface area contributed by atoms with Crippen LogP contribution in [0.25, 0.3) is 11.1 Å². The van der Waals surface area contributed by atoms with Crippen molar-refractivity contribution in [3.8, 4) is 17.1 Å². The molecule has 0 radical (unpaired) electrons. The Bertz CT molecular complexity index is 1340. The quantitative estimate of drug-likeness (QED) is 0.481. The first-order chi connectivity index (χ1) is 17.6. The summed E-state index contributed by atoms with van der Waals surface area (Å²) < 4.78 is 61.1. The van der Waals surface area contributed by atoms with Crippen molar-refractivity contribution in [3.05, 3.63) is 64.1 Å². The van der Waals surface area contributed by atoms with E-state index in [4.69, 9.17) is 4.74 Å². The standard InChI is InChI=1S/C24H24F4N6O3/c1-3-37-23-30-11-14(12-31-23)15-8-19(20(10-18(15)25)34-6-4-33(2)5-7-34)32-22(36)16-13-29-21(35)9-17(16)24(26,27)28/h8-13H,3-7H2,1-2H3,(H,29,35)(H,32,36). The molecule has 0 spiro atoms. The lowest BCUT2D eigenvalue weighted by molar-refractivity contribution is -0.138. The number of aromatic nitrogens is 3. The van der Waals surface area contributed by atoms with Crippen LogP contribution in [0.15, 0.2) is 41.6 Å². The van der Waals surface area contributed by atoms with Gasteiger partial charge in [-0.3, -0.25) is 9.59 Å². The highest BCUT2D eigenvalue weighted by Crippen LogP contribution is 2.36. The first-order valence-electron chi connectivity index (χ1n) is 11.4. The molecule has 3 aromatic rings. The van der Waals surface area contributed by atoms with Gasteiger partial charge in [0.25, 0.3) is 5.91 Å². The molecule has 196 valence electrons. The topological polar surface area (TPSA) is 103 Å². The molecule has 2 aromatic heterocycles. The molecule has 37 heavy (non-hydrogen) atoms. The molecule has 1 saturated heterocycles. The van der Waals surface area contributed by atoms with Gasteiger partial charge in [0.05, 0.1) is 29.1 Å². The number of alkyl halides is 3. The van der Waals surface area contributed by atoms with E-state index in [9.17, 15) is 22.8 Å². The highest BCUT2D eigenvalue weighted by atomic mass is 19.4. The number of amides is 1. The molecule has 1 fully saturated rings. The third-order valence-electron chi connectivity index (χ3n) is 5.86. The van der Waals surface area contributed by atoms with Crippen LogP contribution in [0.1, 0.15) is 22.8 Å². The third-order valence-corrected chi connectivity index (χ3v) is 5.86. The third kappa shape index (κ3) is 5.88. The Kier molecular flexibility index (Phi) is 7.43. The van der Waals surface area contributed by atoms with Gasteiger partial charge in [0.15, 0.2) is 0 Å². The average Bonchev–Trinajstić information content (AvgIpc) is 2.85. The van der Waals surface area contributed by atoms with Gasteiger partial charge >= 0.3 is 12.2 Å². The molecule has 0 bridgehead atoms. The Hall–Kier alpha value is -4.00. The highest BCUT2D eigenvalue weighted by molar-refractivity contribution is 6.07. The minimum absolute atomic E-state index is 0.0359. The number of likely N-dealkylation sites (N-methyl/N-ethyl adjacent to an activating group) is 1. The number of nitrogens with one attached hydrogen (secondary N) is 2. The molecule has 13 heteroatoms. The molecular weight excluding hydrogens is 496 g/mol. The van der Waals surface area contributed by atoms with E-state index in [1.54, 1.807) is 6.92 Å². The Morgan fingerprint density at radius 2 is 1.81 bits per heavy atom. The zero-order valence-electron chi connectivity index (χ0n) is 20.0. The summed E-state index contributed by atoms with van der Waals surface area (Å²) in [7, 11) is 1.93. The fourth-order valence-corrected chi connectivity index (χ4v) is 3.94. The Morgan fingerprint density at radius 1 is 1.14 bits per heavy atom. The van der Waals surface area contributed by atoms with Crippen molar-refractivity contribution in [1.29, 1.82) is 0 Å². The second kappa shape index (κ2) is 10.5. The van der Waals surface area contributed by atoms with E-state index in [0.717, 1.165) is 0 Å². The van der Waals surface area contributed by atoms with Crippen LogP contribution in [-0.4, -0.2) is 65.6 Å². The fourth-order valence-electron chi connectivity index (χ4n) is 3.94. The minimum atomic E-state index is -4.94. The number of anilines is 2. The van der Waals surface area contributed by atoms with Crippen molar-refractivity contribution in [2.24, 2.45) is 0 Å². The largest absolute Gasteiger partial charge is 0.464 e. The van der Waals surface area contributed by atoms with Crippen LogP contribution in [0.5, 0.6) is 6.01 Å². The molecular formula is C24H24F4N6O3. The van der Waals surface area contributed by atoms with Gasteiger partial charge in [-0.15, -0.1) is 0 Å². The number of H-pyrrole nitrogens is 1. The minimum Gasteiger partial charge on any atom is -0.464 e. The maximum Gasteiger partial charge on any atom is 0.417 e. The fraction of sp³-hybridized carbons (Fsp3) is 0.333. The van der Waals surface area contributed by atoms with Crippen molar-refractivity contribution in [2.45, 2.75) is 13.1 Å². The van der Waals surface area contributed by atoms with E-state index in [0.29, 0.717) is 50.7 Å². The molecule has 0 unspecified atom stereocenters. The summed E-state index contributed by atoms with van der Waals surface area (Å²) in [6.45, 7) is 4.46. The molecule has 0 atom stereocenters. The molecule has 0 aliphatic carbocycles.